The summed E-state index contributed by atoms with van der Waals surface area (Å²) in [5.74, 6) is 0.590. The van der Waals surface area contributed by atoms with E-state index in [0.29, 0.717) is 23.8 Å². The van der Waals surface area contributed by atoms with E-state index in [1.54, 1.807) is 24.3 Å². The fraction of sp³-hybridized carbons (Fsp3) is 0.250. The van der Waals surface area contributed by atoms with E-state index in [1.807, 2.05) is 18.2 Å². The van der Waals surface area contributed by atoms with Crippen LogP contribution in [0.25, 0.3) is 11.0 Å². The molecule has 4 rings (SSSR count). The van der Waals surface area contributed by atoms with Crippen molar-refractivity contribution in [2.75, 3.05) is 5.32 Å². The molecule has 0 saturated heterocycles. The van der Waals surface area contributed by atoms with E-state index < -0.39 is 0 Å². The molecule has 132 valence electrons. The second kappa shape index (κ2) is 6.63. The van der Waals surface area contributed by atoms with Gasteiger partial charge < -0.3 is 15.2 Å². The number of carbonyl (C=O) groups excluding carboxylic acids is 2. The molecule has 6 nitrogen and oxygen atoms in total. The van der Waals surface area contributed by atoms with Crippen molar-refractivity contribution in [1.29, 1.82) is 0 Å². The molecule has 26 heavy (non-hydrogen) atoms. The molecule has 1 heterocycles. The van der Waals surface area contributed by atoms with Crippen LogP contribution >= 0.6 is 0 Å². The zero-order valence-corrected chi connectivity index (χ0v) is 14.5. The van der Waals surface area contributed by atoms with Gasteiger partial charge in [-0.05, 0) is 49.2 Å². The zero-order chi connectivity index (χ0) is 18.1. The van der Waals surface area contributed by atoms with Crippen molar-refractivity contribution in [3.8, 4) is 0 Å². The van der Waals surface area contributed by atoms with Gasteiger partial charge in [0, 0.05) is 24.2 Å². The smallest absolute Gasteiger partial charge is 0.251 e. The number of rotatable bonds is 5. The van der Waals surface area contributed by atoms with Gasteiger partial charge in [-0.3, -0.25) is 9.59 Å². The maximum absolute atomic E-state index is 12.4. The molecule has 1 aliphatic carbocycles. The summed E-state index contributed by atoms with van der Waals surface area (Å²) in [7, 11) is 0. The Balaban J connectivity index is 1.48. The van der Waals surface area contributed by atoms with Crippen molar-refractivity contribution < 1.29 is 9.59 Å². The molecule has 1 aliphatic rings. The minimum atomic E-state index is -0.159. The number of hydrogen-bond acceptors (Lipinski definition) is 3. The summed E-state index contributed by atoms with van der Waals surface area (Å²) in [6.07, 6.45) is 2.32. The Hall–Kier alpha value is -3.15. The monoisotopic (exact) mass is 348 g/mol. The van der Waals surface area contributed by atoms with Crippen molar-refractivity contribution in [3.05, 3.63) is 59.9 Å². The second-order valence-corrected chi connectivity index (χ2v) is 6.56. The van der Waals surface area contributed by atoms with Crippen molar-refractivity contribution in [2.24, 2.45) is 0 Å². The molecule has 0 bridgehead atoms. The summed E-state index contributed by atoms with van der Waals surface area (Å²) in [5, 5.41) is 5.64. The Morgan fingerprint density at radius 2 is 1.85 bits per heavy atom. The lowest BCUT2D eigenvalue weighted by Crippen LogP contribution is -2.24. The van der Waals surface area contributed by atoms with Gasteiger partial charge in [0.05, 0.1) is 17.6 Å². The predicted octanol–water partition coefficient (Wildman–Crippen LogP) is 3.26. The second-order valence-electron chi connectivity index (χ2n) is 6.56. The number of anilines is 1. The van der Waals surface area contributed by atoms with Crippen LogP contribution in [0.1, 0.15) is 42.0 Å². The molecule has 6 heteroatoms. The van der Waals surface area contributed by atoms with Gasteiger partial charge >= 0.3 is 0 Å². The van der Waals surface area contributed by atoms with Crippen LogP contribution in [0, 0.1) is 0 Å². The lowest BCUT2D eigenvalue weighted by Gasteiger charge is -2.09. The van der Waals surface area contributed by atoms with E-state index in [-0.39, 0.29) is 11.8 Å². The van der Waals surface area contributed by atoms with Gasteiger partial charge in [-0.15, -0.1) is 0 Å². The van der Waals surface area contributed by atoms with Gasteiger partial charge in [0.15, 0.2) is 0 Å². The van der Waals surface area contributed by atoms with Crippen molar-refractivity contribution in [2.45, 2.75) is 32.4 Å². The lowest BCUT2D eigenvalue weighted by molar-refractivity contribution is -0.114. The molecule has 3 aromatic rings. The first-order valence-corrected chi connectivity index (χ1v) is 8.73. The molecule has 2 N–H and O–H groups in total. The minimum absolute atomic E-state index is 0.138. The first-order valence-electron chi connectivity index (χ1n) is 8.73. The van der Waals surface area contributed by atoms with Crippen molar-refractivity contribution >= 4 is 28.5 Å². The molecular formula is C20H20N4O2. The average molecular weight is 348 g/mol. The van der Waals surface area contributed by atoms with Gasteiger partial charge in [0.2, 0.25) is 5.91 Å². The normalized spacial score (nSPS) is 13.6. The standard InChI is InChI=1S/C20H20N4O2/c1-13(25)22-15-8-6-14(7-9-15)20(26)21-12-19-23-17-4-2-3-5-18(17)24(19)16-10-11-16/h2-9,16H,10-12H2,1H3,(H,21,26)(H,22,25). The van der Waals surface area contributed by atoms with E-state index in [4.69, 9.17) is 0 Å². The predicted molar refractivity (Wildman–Crippen MR) is 99.9 cm³/mol. The number of nitrogens with zero attached hydrogens (tertiary/aromatic N) is 2. The Kier molecular flexibility index (Phi) is 4.16. The van der Waals surface area contributed by atoms with Crippen LogP contribution in [-0.4, -0.2) is 21.4 Å². The summed E-state index contributed by atoms with van der Waals surface area (Å²) in [6, 6.07) is 15.4. The van der Waals surface area contributed by atoms with Gasteiger partial charge in [0.1, 0.15) is 5.82 Å². The molecule has 1 saturated carbocycles. The van der Waals surface area contributed by atoms with E-state index in [0.717, 1.165) is 29.7 Å². The van der Waals surface area contributed by atoms with Gasteiger partial charge in [-0.25, -0.2) is 4.98 Å². The maximum Gasteiger partial charge on any atom is 0.251 e. The summed E-state index contributed by atoms with van der Waals surface area (Å²) in [6.45, 7) is 1.84. The highest BCUT2D eigenvalue weighted by Crippen LogP contribution is 2.38. The number of fused-ring (bicyclic) bond motifs is 1. The largest absolute Gasteiger partial charge is 0.345 e. The summed E-state index contributed by atoms with van der Waals surface area (Å²) < 4.78 is 2.25. The van der Waals surface area contributed by atoms with E-state index in [9.17, 15) is 9.59 Å². The fourth-order valence-corrected chi connectivity index (χ4v) is 3.13. The number of imidazole rings is 1. The Morgan fingerprint density at radius 1 is 1.12 bits per heavy atom. The third-order valence-corrected chi connectivity index (χ3v) is 4.46. The Morgan fingerprint density at radius 3 is 2.54 bits per heavy atom. The molecule has 0 unspecified atom stereocenters. The third kappa shape index (κ3) is 3.31. The number of para-hydroxylation sites is 2. The van der Waals surface area contributed by atoms with Gasteiger partial charge in [-0.2, -0.15) is 0 Å². The lowest BCUT2D eigenvalue weighted by atomic mass is 10.2. The first kappa shape index (κ1) is 16.3. The van der Waals surface area contributed by atoms with Crippen molar-refractivity contribution in [3.63, 3.8) is 0 Å². The van der Waals surface area contributed by atoms with Crippen LogP contribution in [0.5, 0.6) is 0 Å². The molecule has 0 spiro atoms. The van der Waals surface area contributed by atoms with Gasteiger partial charge in [0.25, 0.3) is 5.91 Å². The Bertz CT molecular complexity index is 971. The highest BCUT2D eigenvalue weighted by atomic mass is 16.2. The molecular weight excluding hydrogens is 328 g/mol. The van der Waals surface area contributed by atoms with Crippen LogP contribution in [0.15, 0.2) is 48.5 Å². The SMILES string of the molecule is CC(=O)Nc1ccc(C(=O)NCc2nc3ccccc3n2C2CC2)cc1. The highest BCUT2D eigenvalue weighted by molar-refractivity contribution is 5.95. The van der Waals surface area contributed by atoms with Crippen LogP contribution in [0.2, 0.25) is 0 Å². The number of carbonyl (C=O) groups is 2. The van der Waals surface area contributed by atoms with Crippen molar-refractivity contribution in [1.82, 2.24) is 14.9 Å². The zero-order valence-electron chi connectivity index (χ0n) is 14.5. The highest BCUT2D eigenvalue weighted by Gasteiger charge is 2.28. The summed E-state index contributed by atoms with van der Waals surface area (Å²) >= 11 is 0. The molecule has 0 atom stereocenters. The molecule has 1 aromatic heterocycles. The van der Waals surface area contributed by atoms with Gasteiger partial charge in [-0.1, -0.05) is 12.1 Å². The molecule has 2 aromatic carbocycles. The quantitative estimate of drug-likeness (QED) is 0.743. The number of amides is 2. The van der Waals surface area contributed by atoms with Crippen LogP contribution < -0.4 is 10.6 Å². The first-order chi connectivity index (χ1) is 12.6. The number of benzene rings is 2. The topological polar surface area (TPSA) is 76.0 Å². The van der Waals surface area contributed by atoms with E-state index in [2.05, 4.69) is 26.3 Å². The van der Waals surface area contributed by atoms with Crippen LogP contribution in [0.4, 0.5) is 5.69 Å². The number of nitrogens with one attached hydrogen (secondary N) is 2. The third-order valence-electron chi connectivity index (χ3n) is 4.46. The van der Waals surface area contributed by atoms with E-state index >= 15 is 0 Å². The molecule has 0 radical (unpaired) electrons. The average Bonchev–Trinajstić information content (AvgIpc) is 3.40. The molecule has 2 amide bonds. The van der Waals surface area contributed by atoms with E-state index in [1.165, 1.54) is 6.92 Å². The molecule has 1 fully saturated rings. The molecule has 0 aliphatic heterocycles. The number of hydrogen-bond donors (Lipinski definition) is 2. The van der Waals surface area contributed by atoms with Crippen LogP contribution in [0.3, 0.4) is 0 Å². The minimum Gasteiger partial charge on any atom is -0.345 e. The maximum atomic E-state index is 12.4. The number of aromatic nitrogens is 2. The summed E-state index contributed by atoms with van der Waals surface area (Å²) in [4.78, 5) is 28.2. The van der Waals surface area contributed by atoms with Crippen LogP contribution in [-0.2, 0) is 11.3 Å². The Labute approximate surface area is 151 Å². The summed E-state index contributed by atoms with van der Waals surface area (Å²) in [5.41, 5.74) is 3.31. The fourth-order valence-electron chi connectivity index (χ4n) is 3.13.